The van der Waals surface area contributed by atoms with Crippen LogP contribution in [-0.4, -0.2) is 60.0 Å². The first-order chi connectivity index (χ1) is 14.0. The molecule has 1 aromatic heterocycles. The SMILES string of the molecule is CCN1C(=O)NC(=O)C(=Cc2cn(CC(=O)NCCOC)c3ccccc23)C1=O. The predicted octanol–water partition coefficient (Wildman–Crippen LogP) is 0.886. The molecular formula is C20H22N4O5. The molecule has 0 bridgehead atoms. The third kappa shape index (κ3) is 4.19. The zero-order valence-electron chi connectivity index (χ0n) is 16.2. The maximum absolute atomic E-state index is 12.5. The Kier molecular flexibility index (Phi) is 6.08. The second kappa shape index (κ2) is 8.70. The Bertz CT molecular complexity index is 1010. The zero-order valence-corrected chi connectivity index (χ0v) is 16.2. The van der Waals surface area contributed by atoms with Gasteiger partial charge in [0.1, 0.15) is 12.1 Å². The number of likely N-dealkylation sites (N-methyl/N-ethyl adjacent to an activating group) is 1. The Morgan fingerprint density at radius 1 is 1.24 bits per heavy atom. The fraction of sp³-hybridized carbons (Fsp3) is 0.300. The lowest BCUT2D eigenvalue weighted by molar-refractivity contribution is -0.130. The van der Waals surface area contributed by atoms with Crippen LogP contribution in [0.3, 0.4) is 0 Å². The number of urea groups is 1. The number of ether oxygens (including phenoxy) is 1. The van der Waals surface area contributed by atoms with E-state index in [-0.39, 0.29) is 24.6 Å². The van der Waals surface area contributed by atoms with E-state index in [2.05, 4.69) is 10.6 Å². The summed E-state index contributed by atoms with van der Waals surface area (Å²) in [5.41, 5.74) is 1.27. The van der Waals surface area contributed by atoms with Gasteiger partial charge in [-0.15, -0.1) is 0 Å². The van der Waals surface area contributed by atoms with Crippen molar-refractivity contribution in [3.63, 3.8) is 0 Å². The largest absolute Gasteiger partial charge is 0.383 e. The second-order valence-corrected chi connectivity index (χ2v) is 6.44. The highest BCUT2D eigenvalue weighted by Crippen LogP contribution is 2.25. The first-order valence-corrected chi connectivity index (χ1v) is 9.18. The molecule has 1 aliphatic heterocycles. The number of para-hydroxylation sites is 1. The molecule has 1 saturated heterocycles. The molecule has 0 atom stereocenters. The van der Waals surface area contributed by atoms with Gasteiger partial charge in [0.05, 0.1) is 6.61 Å². The summed E-state index contributed by atoms with van der Waals surface area (Å²) in [7, 11) is 1.56. The first-order valence-electron chi connectivity index (χ1n) is 9.18. The van der Waals surface area contributed by atoms with E-state index in [9.17, 15) is 19.2 Å². The minimum Gasteiger partial charge on any atom is -0.383 e. The lowest BCUT2D eigenvalue weighted by Crippen LogP contribution is -2.53. The molecule has 2 N–H and O–H groups in total. The van der Waals surface area contributed by atoms with Gasteiger partial charge in [-0.2, -0.15) is 0 Å². The van der Waals surface area contributed by atoms with E-state index in [0.29, 0.717) is 18.7 Å². The van der Waals surface area contributed by atoms with Gasteiger partial charge in [-0.1, -0.05) is 18.2 Å². The molecule has 1 aromatic carbocycles. The fourth-order valence-electron chi connectivity index (χ4n) is 3.16. The molecule has 5 amide bonds. The van der Waals surface area contributed by atoms with Crippen molar-refractivity contribution < 1.29 is 23.9 Å². The molecule has 152 valence electrons. The summed E-state index contributed by atoms with van der Waals surface area (Å²) in [5.74, 6) is -1.56. The Balaban J connectivity index is 1.95. The van der Waals surface area contributed by atoms with Crippen LogP contribution in [0.15, 0.2) is 36.0 Å². The summed E-state index contributed by atoms with van der Waals surface area (Å²) >= 11 is 0. The number of amides is 5. The Morgan fingerprint density at radius 2 is 2.00 bits per heavy atom. The summed E-state index contributed by atoms with van der Waals surface area (Å²) < 4.78 is 6.67. The van der Waals surface area contributed by atoms with Gasteiger partial charge >= 0.3 is 6.03 Å². The minimum atomic E-state index is -0.737. The zero-order chi connectivity index (χ0) is 21.0. The molecule has 0 saturated carbocycles. The van der Waals surface area contributed by atoms with Gasteiger partial charge in [0.25, 0.3) is 11.8 Å². The third-order valence-electron chi connectivity index (χ3n) is 4.56. The van der Waals surface area contributed by atoms with Crippen LogP contribution in [0.1, 0.15) is 12.5 Å². The van der Waals surface area contributed by atoms with Crippen molar-refractivity contribution >= 4 is 40.7 Å². The maximum Gasteiger partial charge on any atom is 0.331 e. The number of aromatic nitrogens is 1. The summed E-state index contributed by atoms with van der Waals surface area (Å²) in [6.07, 6.45) is 3.16. The lowest BCUT2D eigenvalue weighted by atomic mass is 10.1. The highest BCUT2D eigenvalue weighted by molar-refractivity contribution is 6.31. The third-order valence-corrected chi connectivity index (χ3v) is 4.56. The second-order valence-electron chi connectivity index (χ2n) is 6.44. The van der Waals surface area contributed by atoms with E-state index in [0.717, 1.165) is 15.8 Å². The number of carbonyl (C=O) groups is 4. The number of rotatable bonds is 7. The maximum atomic E-state index is 12.5. The van der Waals surface area contributed by atoms with E-state index in [4.69, 9.17) is 4.74 Å². The van der Waals surface area contributed by atoms with Crippen LogP contribution in [0, 0.1) is 0 Å². The average molecular weight is 398 g/mol. The van der Waals surface area contributed by atoms with Gasteiger partial charge in [-0.05, 0) is 19.1 Å². The average Bonchev–Trinajstić information content (AvgIpc) is 3.03. The lowest BCUT2D eigenvalue weighted by Gasteiger charge is -2.24. The van der Waals surface area contributed by atoms with Crippen LogP contribution in [0.2, 0.25) is 0 Å². The summed E-state index contributed by atoms with van der Waals surface area (Å²) in [5, 5.41) is 5.71. The minimum absolute atomic E-state index is 0.0765. The van der Waals surface area contributed by atoms with E-state index in [1.165, 1.54) is 6.08 Å². The van der Waals surface area contributed by atoms with Crippen LogP contribution < -0.4 is 10.6 Å². The van der Waals surface area contributed by atoms with Gasteiger partial charge in [0, 0.05) is 42.9 Å². The monoisotopic (exact) mass is 398 g/mol. The van der Waals surface area contributed by atoms with Crippen molar-refractivity contribution in [3.05, 3.63) is 41.6 Å². The predicted molar refractivity (Wildman–Crippen MR) is 106 cm³/mol. The molecule has 29 heavy (non-hydrogen) atoms. The quantitative estimate of drug-likeness (QED) is 0.409. The number of carbonyl (C=O) groups excluding carboxylic acids is 4. The Morgan fingerprint density at radius 3 is 2.72 bits per heavy atom. The van der Waals surface area contributed by atoms with Crippen LogP contribution >= 0.6 is 0 Å². The number of hydrogen-bond donors (Lipinski definition) is 2. The molecule has 0 unspecified atom stereocenters. The number of barbiturate groups is 1. The summed E-state index contributed by atoms with van der Waals surface area (Å²) in [6.45, 7) is 2.70. The highest BCUT2D eigenvalue weighted by Gasteiger charge is 2.34. The molecule has 3 rings (SSSR count). The van der Waals surface area contributed by atoms with E-state index in [1.54, 1.807) is 24.8 Å². The number of benzene rings is 1. The number of hydrogen-bond acceptors (Lipinski definition) is 5. The van der Waals surface area contributed by atoms with Crippen molar-refractivity contribution in [2.24, 2.45) is 0 Å². The molecule has 9 nitrogen and oxygen atoms in total. The number of nitrogens with zero attached hydrogens (tertiary/aromatic N) is 2. The first kappa shape index (κ1) is 20.3. The van der Waals surface area contributed by atoms with Gasteiger partial charge in [-0.3, -0.25) is 24.6 Å². The Hall–Kier alpha value is -3.46. The van der Waals surface area contributed by atoms with Crippen molar-refractivity contribution in [1.29, 1.82) is 0 Å². The van der Waals surface area contributed by atoms with Crippen molar-refractivity contribution in [1.82, 2.24) is 20.1 Å². The standard InChI is InChI=1S/C20H22N4O5/c1-3-24-19(27)15(18(26)22-20(24)28)10-13-11-23(12-17(25)21-8-9-29-2)16-7-5-4-6-14(13)16/h4-7,10-11H,3,8-9,12H2,1-2H3,(H,21,25)(H,22,26,28). The number of imide groups is 2. The molecule has 1 aliphatic rings. The molecule has 0 aliphatic carbocycles. The van der Waals surface area contributed by atoms with Crippen molar-refractivity contribution in [2.75, 3.05) is 26.8 Å². The smallest absolute Gasteiger partial charge is 0.331 e. The van der Waals surface area contributed by atoms with E-state index >= 15 is 0 Å². The van der Waals surface area contributed by atoms with Crippen molar-refractivity contribution in [3.8, 4) is 0 Å². The highest BCUT2D eigenvalue weighted by atomic mass is 16.5. The van der Waals surface area contributed by atoms with Crippen LogP contribution in [-0.2, 0) is 25.7 Å². The fourth-order valence-corrected chi connectivity index (χ4v) is 3.16. The molecule has 0 radical (unpaired) electrons. The number of fused-ring (bicyclic) bond motifs is 1. The molecule has 2 aromatic rings. The van der Waals surface area contributed by atoms with E-state index < -0.39 is 17.8 Å². The molecular weight excluding hydrogens is 376 g/mol. The van der Waals surface area contributed by atoms with Gasteiger partial charge in [0.2, 0.25) is 5.91 Å². The molecule has 2 heterocycles. The molecule has 9 heteroatoms. The molecule has 0 spiro atoms. The van der Waals surface area contributed by atoms with Crippen LogP contribution in [0.25, 0.3) is 17.0 Å². The van der Waals surface area contributed by atoms with Crippen LogP contribution in [0.4, 0.5) is 4.79 Å². The van der Waals surface area contributed by atoms with Gasteiger partial charge in [0.15, 0.2) is 0 Å². The number of nitrogens with one attached hydrogen (secondary N) is 2. The van der Waals surface area contributed by atoms with Gasteiger partial charge in [-0.25, -0.2) is 4.79 Å². The normalized spacial score (nSPS) is 15.9. The van der Waals surface area contributed by atoms with Crippen LogP contribution in [0.5, 0.6) is 0 Å². The Labute approximate surface area is 167 Å². The summed E-state index contributed by atoms with van der Waals surface area (Å²) in [6, 6.07) is 6.64. The van der Waals surface area contributed by atoms with E-state index in [1.807, 2.05) is 24.3 Å². The molecule has 1 fully saturated rings. The topological polar surface area (TPSA) is 110 Å². The summed E-state index contributed by atoms with van der Waals surface area (Å²) in [4.78, 5) is 49.7. The van der Waals surface area contributed by atoms with Crippen molar-refractivity contribution in [2.45, 2.75) is 13.5 Å². The number of methoxy groups -OCH3 is 1. The van der Waals surface area contributed by atoms with Gasteiger partial charge < -0.3 is 14.6 Å².